The molecule has 1 aliphatic heterocycles. The Morgan fingerprint density at radius 2 is 2.38 bits per heavy atom. The lowest BCUT2D eigenvalue weighted by atomic mass is 9.92. The van der Waals surface area contributed by atoms with Crippen LogP contribution < -0.4 is 5.32 Å². The highest BCUT2D eigenvalue weighted by atomic mass is 32.1. The summed E-state index contributed by atoms with van der Waals surface area (Å²) in [6, 6.07) is 0. The van der Waals surface area contributed by atoms with E-state index in [1.165, 1.54) is 10.6 Å². The van der Waals surface area contributed by atoms with E-state index >= 15 is 0 Å². The van der Waals surface area contributed by atoms with Crippen molar-refractivity contribution in [3.05, 3.63) is 16.1 Å². The van der Waals surface area contributed by atoms with E-state index in [4.69, 9.17) is 4.74 Å². The molecular formula is C12H20N2OS. The number of nitrogens with one attached hydrogen (secondary N) is 1. The van der Waals surface area contributed by atoms with Gasteiger partial charge < -0.3 is 10.1 Å². The smallest absolute Gasteiger partial charge is 0.0797 e. The van der Waals surface area contributed by atoms with Gasteiger partial charge in [-0.05, 0) is 5.41 Å². The predicted octanol–water partition coefficient (Wildman–Crippen LogP) is 1.97. The lowest BCUT2D eigenvalue weighted by Gasteiger charge is -2.25. The topological polar surface area (TPSA) is 34.2 Å². The zero-order chi connectivity index (χ0) is 11.6. The normalized spacial score (nSPS) is 22.3. The molecule has 1 aliphatic rings. The zero-order valence-corrected chi connectivity index (χ0v) is 11.1. The Hall–Kier alpha value is -0.450. The molecule has 0 saturated carbocycles. The summed E-state index contributed by atoms with van der Waals surface area (Å²) < 4.78 is 5.72. The number of hydrogen-bond donors (Lipinski definition) is 1. The van der Waals surface area contributed by atoms with Crippen LogP contribution in [0.3, 0.4) is 0 Å². The minimum absolute atomic E-state index is 0.193. The second-order valence-electron chi connectivity index (χ2n) is 5.28. The van der Waals surface area contributed by atoms with E-state index in [0.717, 1.165) is 26.1 Å². The SMILES string of the molecule is CC(C)(C)c1scnc1CC1CNCCO1. The quantitative estimate of drug-likeness (QED) is 0.858. The standard InChI is InChI=1S/C12H20N2OS/c1-12(2,3)11-10(14-8-16-11)6-9-7-13-4-5-15-9/h8-9,13H,4-7H2,1-3H3. The second-order valence-corrected chi connectivity index (χ2v) is 6.13. The molecule has 2 heterocycles. The summed E-state index contributed by atoms with van der Waals surface area (Å²) in [7, 11) is 0. The van der Waals surface area contributed by atoms with Gasteiger partial charge in [0.1, 0.15) is 0 Å². The summed E-state index contributed by atoms with van der Waals surface area (Å²) in [6.45, 7) is 9.46. The van der Waals surface area contributed by atoms with Gasteiger partial charge in [-0.3, -0.25) is 0 Å². The summed E-state index contributed by atoms with van der Waals surface area (Å²) in [6.07, 6.45) is 1.22. The molecule has 1 N–H and O–H groups in total. The van der Waals surface area contributed by atoms with Gasteiger partial charge in [0.05, 0.1) is 23.9 Å². The third kappa shape index (κ3) is 2.81. The summed E-state index contributed by atoms with van der Waals surface area (Å²) in [5, 5.41) is 3.36. The van der Waals surface area contributed by atoms with Crippen LogP contribution in [-0.2, 0) is 16.6 Å². The third-order valence-corrected chi connectivity index (χ3v) is 4.04. The summed E-state index contributed by atoms with van der Waals surface area (Å²) in [4.78, 5) is 5.88. The minimum Gasteiger partial charge on any atom is -0.375 e. The molecule has 4 heteroatoms. The minimum atomic E-state index is 0.193. The molecule has 2 rings (SSSR count). The predicted molar refractivity (Wildman–Crippen MR) is 67.1 cm³/mol. The lowest BCUT2D eigenvalue weighted by molar-refractivity contribution is 0.0285. The molecule has 0 bridgehead atoms. The average molecular weight is 240 g/mol. The largest absolute Gasteiger partial charge is 0.375 e. The summed E-state index contributed by atoms with van der Waals surface area (Å²) >= 11 is 1.76. The van der Waals surface area contributed by atoms with Crippen LogP contribution in [-0.4, -0.2) is 30.8 Å². The molecule has 0 radical (unpaired) electrons. The maximum absolute atomic E-state index is 5.72. The molecule has 90 valence electrons. The van der Waals surface area contributed by atoms with Crippen molar-refractivity contribution in [1.82, 2.24) is 10.3 Å². The van der Waals surface area contributed by atoms with E-state index in [0.29, 0.717) is 0 Å². The van der Waals surface area contributed by atoms with Gasteiger partial charge in [0, 0.05) is 24.4 Å². The Morgan fingerprint density at radius 1 is 1.56 bits per heavy atom. The molecule has 1 fully saturated rings. The van der Waals surface area contributed by atoms with E-state index in [9.17, 15) is 0 Å². The average Bonchev–Trinajstić information content (AvgIpc) is 2.67. The maximum Gasteiger partial charge on any atom is 0.0797 e. The lowest BCUT2D eigenvalue weighted by Crippen LogP contribution is -2.39. The van der Waals surface area contributed by atoms with Gasteiger partial charge in [-0.25, -0.2) is 4.98 Å². The van der Waals surface area contributed by atoms with Gasteiger partial charge in [-0.2, -0.15) is 0 Å². The Kier molecular flexibility index (Phi) is 3.62. The van der Waals surface area contributed by atoms with E-state index in [1.807, 2.05) is 5.51 Å². The van der Waals surface area contributed by atoms with E-state index < -0.39 is 0 Å². The van der Waals surface area contributed by atoms with Crippen molar-refractivity contribution in [3.8, 4) is 0 Å². The first-order chi connectivity index (χ1) is 7.57. The monoisotopic (exact) mass is 240 g/mol. The highest BCUT2D eigenvalue weighted by Crippen LogP contribution is 2.30. The highest BCUT2D eigenvalue weighted by Gasteiger charge is 2.23. The van der Waals surface area contributed by atoms with Crippen LogP contribution in [0.4, 0.5) is 0 Å². The molecule has 1 unspecified atom stereocenters. The number of morpholine rings is 1. The molecule has 16 heavy (non-hydrogen) atoms. The number of ether oxygens (including phenoxy) is 1. The van der Waals surface area contributed by atoms with E-state index in [2.05, 4.69) is 31.1 Å². The van der Waals surface area contributed by atoms with Gasteiger partial charge >= 0.3 is 0 Å². The van der Waals surface area contributed by atoms with E-state index in [1.54, 1.807) is 11.3 Å². The Labute approximate surface area is 101 Å². The van der Waals surface area contributed by atoms with Crippen LogP contribution in [0.2, 0.25) is 0 Å². The first-order valence-electron chi connectivity index (χ1n) is 5.82. The molecule has 0 amide bonds. The fraction of sp³-hybridized carbons (Fsp3) is 0.750. The van der Waals surface area contributed by atoms with Crippen LogP contribution in [0.5, 0.6) is 0 Å². The number of nitrogens with zero attached hydrogens (tertiary/aromatic N) is 1. The molecule has 1 saturated heterocycles. The van der Waals surface area contributed by atoms with Gasteiger partial charge in [-0.1, -0.05) is 20.8 Å². The van der Waals surface area contributed by atoms with E-state index in [-0.39, 0.29) is 11.5 Å². The number of thiazole rings is 1. The first kappa shape index (κ1) is 12.0. The molecule has 1 aromatic rings. The molecule has 0 aromatic carbocycles. The number of aromatic nitrogens is 1. The Balaban J connectivity index is 2.06. The first-order valence-corrected chi connectivity index (χ1v) is 6.70. The summed E-state index contributed by atoms with van der Waals surface area (Å²) in [5.74, 6) is 0. The van der Waals surface area contributed by atoms with Gasteiger partial charge in [0.2, 0.25) is 0 Å². The van der Waals surface area contributed by atoms with Crippen LogP contribution >= 0.6 is 11.3 Å². The third-order valence-electron chi connectivity index (χ3n) is 2.75. The molecule has 0 aliphatic carbocycles. The van der Waals surface area contributed by atoms with Crippen molar-refractivity contribution in [2.24, 2.45) is 0 Å². The van der Waals surface area contributed by atoms with Crippen molar-refractivity contribution in [1.29, 1.82) is 0 Å². The van der Waals surface area contributed by atoms with Crippen LogP contribution in [0.1, 0.15) is 31.3 Å². The molecular weight excluding hydrogens is 220 g/mol. The number of rotatable bonds is 2. The molecule has 1 atom stereocenters. The van der Waals surface area contributed by atoms with Crippen LogP contribution in [0.15, 0.2) is 5.51 Å². The number of hydrogen-bond acceptors (Lipinski definition) is 4. The second kappa shape index (κ2) is 4.82. The fourth-order valence-corrected chi connectivity index (χ4v) is 2.90. The van der Waals surface area contributed by atoms with Gasteiger partial charge in [0.25, 0.3) is 0 Å². The van der Waals surface area contributed by atoms with Gasteiger partial charge in [-0.15, -0.1) is 11.3 Å². The Bertz CT molecular complexity index is 337. The highest BCUT2D eigenvalue weighted by molar-refractivity contribution is 7.09. The van der Waals surface area contributed by atoms with Crippen LogP contribution in [0.25, 0.3) is 0 Å². The zero-order valence-electron chi connectivity index (χ0n) is 10.2. The van der Waals surface area contributed by atoms with Crippen molar-refractivity contribution >= 4 is 11.3 Å². The van der Waals surface area contributed by atoms with Crippen molar-refractivity contribution in [2.75, 3.05) is 19.7 Å². The van der Waals surface area contributed by atoms with Crippen LogP contribution in [0, 0.1) is 0 Å². The molecule has 1 aromatic heterocycles. The van der Waals surface area contributed by atoms with Crippen molar-refractivity contribution in [3.63, 3.8) is 0 Å². The van der Waals surface area contributed by atoms with Crippen molar-refractivity contribution < 1.29 is 4.74 Å². The maximum atomic E-state index is 5.72. The summed E-state index contributed by atoms with van der Waals surface area (Å²) in [5.41, 5.74) is 3.36. The van der Waals surface area contributed by atoms with Crippen molar-refractivity contribution in [2.45, 2.75) is 38.7 Å². The van der Waals surface area contributed by atoms with Gasteiger partial charge in [0.15, 0.2) is 0 Å². The molecule has 3 nitrogen and oxygen atoms in total. The fourth-order valence-electron chi connectivity index (χ4n) is 1.99. The molecule has 0 spiro atoms. The Morgan fingerprint density at radius 3 is 3.00 bits per heavy atom.